The number of piperidine rings is 2. The number of nitrogens with one attached hydrogen (secondary N) is 2. The Labute approximate surface area is 351 Å². The lowest BCUT2D eigenvalue weighted by Crippen LogP contribution is -2.45. The molecule has 2 aliphatic rings. The van der Waals surface area contributed by atoms with Crippen LogP contribution in [0.15, 0.2) is 72.8 Å². The van der Waals surface area contributed by atoms with Crippen molar-refractivity contribution in [3.8, 4) is 0 Å². The van der Waals surface area contributed by atoms with Gasteiger partial charge in [-0.1, -0.05) is 60.3 Å². The van der Waals surface area contributed by atoms with Crippen LogP contribution in [-0.4, -0.2) is 71.1 Å². The SMILES string of the molecule is CCc1cc(N)ccc1Cl.CCc1cc(NC2CCCN(C)C2=O)ccc1Cl.CN1CCCC(Nc2ccc(Cl)c(CO)c2)C1=O.Nc1ccc(Cl)c(CO)c1. The number of nitrogen functional groups attached to an aromatic ring is 2. The van der Waals surface area contributed by atoms with E-state index in [1.165, 1.54) is 0 Å². The van der Waals surface area contributed by atoms with E-state index in [0.29, 0.717) is 26.9 Å². The molecule has 0 aromatic heterocycles. The van der Waals surface area contributed by atoms with Gasteiger partial charge in [0, 0.05) is 70.0 Å². The van der Waals surface area contributed by atoms with Crippen LogP contribution < -0.4 is 22.1 Å². The van der Waals surface area contributed by atoms with Gasteiger partial charge in [0.25, 0.3) is 0 Å². The molecule has 4 aromatic rings. The van der Waals surface area contributed by atoms with Crippen molar-refractivity contribution in [2.24, 2.45) is 0 Å². The standard InChI is InChI=1S/C14H19ClN2O.C13H17ClN2O2.C8H10ClN.C7H8ClNO/c1-3-10-9-11(6-7-12(10)15)16-13-5-4-8-17(2)14(13)18;1-16-6-2-3-12(13(16)18)15-10-4-5-11(14)9(7-10)8-17;1-2-6-5-7(10)3-4-8(6)9;8-7-2-1-6(9)3-5(7)4-10/h6-7,9,13,16H,3-5,8H2,1-2H3;4-5,7,12,15,17H,2-3,6,8H2,1H3;3-5H,2,10H2,1H3;1-3,10H,4,9H2. The molecule has 4 aromatic carbocycles. The second kappa shape index (κ2) is 23.4. The number of rotatable bonds is 8. The molecule has 0 aliphatic carbocycles. The third-order valence-corrected chi connectivity index (χ3v) is 10.8. The summed E-state index contributed by atoms with van der Waals surface area (Å²) in [7, 11) is 3.67. The fourth-order valence-electron chi connectivity index (χ4n) is 6.04. The zero-order valence-electron chi connectivity index (χ0n) is 32.4. The van der Waals surface area contributed by atoms with Crippen LogP contribution in [0, 0.1) is 0 Å². The number of carbonyl (C=O) groups excluding carboxylic acids is 2. The zero-order valence-corrected chi connectivity index (χ0v) is 35.4. The molecule has 0 bridgehead atoms. The van der Waals surface area contributed by atoms with E-state index in [1.54, 1.807) is 40.1 Å². The first-order valence-electron chi connectivity index (χ1n) is 18.6. The summed E-state index contributed by atoms with van der Waals surface area (Å²) in [6.07, 6.45) is 5.61. The molecular formula is C42H54Cl4N6O4. The molecule has 14 heteroatoms. The Morgan fingerprint density at radius 2 is 0.929 bits per heavy atom. The molecule has 10 nitrogen and oxygen atoms in total. The van der Waals surface area contributed by atoms with Gasteiger partial charge in [0.05, 0.1) is 13.2 Å². The molecule has 56 heavy (non-hydrogen) atoms. The van der Waals surface area contributed by atoms with E-state index in [1.807, 2.05) is 56.6 Å². The Balaban J connectivity index is 0.000000208. The molecule has 2 amide bonds. The lowest BCUT2D eigenvalue weighted by Gasteiger charge is -2.30. The maximum Gasteiger partial charge on any atom is 0.244 e. The minimum absolute atomic E-state index is 0.0656. The van der Waals surface area contributed by atoms with E-state index in [9.17, 15) is 9.59 Å². The van der Waals surface area contributed by atoms with Crippen molar-refractivity contribution in [1.29, 1.82) is 0 Å². The first-order valence-corrected chi connectivity index (χ1v) is 20.1. The van der Waals surface area contributed by atoms with Crippen LogP contribution in [0.2, 0.25) is 20.1 Å². The van der Waals surface area contributed by atoms with Crippen molar-refractivity contribution < 1.29 is 19.8 Å². The Hall–Kier alpha value is -3.90. The molecule has 2 saturated heterocycles. The number of hydrogen-bond acceptors (Lipinski definition) is 8. The largest absolute Gasteiger partial charge is 0.399 e. The maximum absolute atomic E-state index is 12.0. The molecule has 6 rings (SSSR count). The van der Waals surface area contributed by atoms with E-state index in [4.69, 9.17) is 68.1 Å². The van der Waals surface area contributed by atoms with Crippen molar-refractivity contribution in [2.75, 3.05) is 49.3 Å². The summed E-state index contributed by atoms with van der Waals surface area (Å²) in [6.45, 7) is 5.64. The highest BCUT2D eigenvalue weighted by molar-refractivity contribution is 6.32. The second-order valence-corrected chi connectivity index (χ2v) is 15.2. The van der Waals surface area contributed by atoms with Gasteiger partial charge in [-0.15, -0.1) is 0 Å². The van der Waals surface area contributed by atoms with Crippen molar-refractivity contribution in [3.63, 3.8) is 0 Å². The summed E-state index contributed by atoms with van der Waals surface area (Å²) in [5.74, 6) is 0.288. The van der Waals surface area contributed by atoms with Crippen molar-refractivity contribution in [3.05, 3.63) is 115 Å². The molecule has 2 heterocycles. The highest BCUT2D eigenvalue weighted by atomic mass is 35.5. The Morgan fingerprint density at radius 1 is 0.589 bits per heavy atom. The van der Waals surface area contributed by atoms with Crippen LogP contribution in [-0.2, 0) is 35.6 Å². The van der Waals surface area contributed by atoms with Crippen LogP contribution in [0.5, 0.6) is 0 Å². The Bertz CT molecular complexity index is 1760. The van der Waals surface area contributed by atoms with Crippen LogP contribution >= 0.6 is 46.4 Å². The van der Waals surface area contributed by atoms with Crippen LogP contribution in [0.3, 0.4) is 0 Å². The third kappa shape index (κ3) is 14.2. The number of nitrogens with two attached hydrogens (primary N) is 2. The van der Waals surface area contributed by atoms with Crippen molar-refractivity contribution in [2.45, 2.75) is 77.7 Å². The summed E-state index contributed by atoms with van der Waals surface area (Å²) in [6, 6.07) is 21.5. The smallest absolute Gasteiger partial charge is 0.244 e. The van der Waals surface area contributed by atoms with E-state index < -0.39 is 0 Å². The predicted octanol–water partition coefficient (Wildman–Crippen LogP) is 8.70. The number of nitrogens with zero attached hydrogens (tertiary/aromatic N) is 2. The molecule has 2 unspecified atom stereocenters. The molecule has 304 valence electrons. The van der Waals surface area contributed by atoms with Crippen LogP contribution in [0.1, 0.15) is 61.8 Å². The quantitative estimate of drug-likeness (QED) is 0.0963. The number of benzene rings is 4. The minimum atomic E-state index is -0.184. The predicted molar refractivity (Wildman–Crippen MR) is 234 cm³/mol. The van der Waals surface area contributed by atoms with Gasteiger partial charge in [-0.3, -0.25) is 9.59 Å². The average molecular weight is 849 g/mol. The summed E-state index contributed by atoms with van der Waals surface area (Å²) < 4.78 is 0. The van der Waals surface area contributed by atoms with Gasteiger partial charge in [0.15, 0.2) is 0 Å². The van der Waals surface area contributed by atoms with Gasteiger partial charge in [-0.25, -0.2) is 0 Å². The first-order chi connectivity index (χ1) is 26.7. The van der Waals surface area contributed by atoms with Gasteiger partial charge >= 0.3 is 0 Å². The second-order valence-electron chi connectivity index (χ2n) is 13.5. The van der Waals surface area contributed by atoms with Gasteiger partial charge in [-0.2, -0.15) is 0 Å². The Morgan fingerprint density at radius 3 is 1.30 bits per heavy atom. The summed E-state index contributed by atoms with van der Waals surface area (Å²) >= 11 is 23.5. The number of likely N-dealkylation sites (tertiary alicyclic amines) is 2. The van der Waals surface area contributed by atoms with E-state index >= 15 is 0 Å². The normalized spacial score (nSPS) is 16.4. The molecule has 0 radical (unpaired) electrons. The number of aliphatic hydroxyl groups excluding tert-OH is 2. The molecule has 0 spiro atoms. The number of carbonyl (C=O) groups is 2. The number of halogens is 4. The fraction of sp³-hybridized carbons (Fsp3) is 0.381. The molecule has 2 atom stereocenters. The van der Waals surface area contributed by atoms with Gasteiger partial charge in [0.1, 0.15) is 12.1 Å². The molecule has 2 aliphatic heterocycles. The average Bonchev–Trinajstić information content (AvgIpc) is 3.19. The number of aliphatic hydroxyl groups is 2. The lowest BCUT2D eigenvalue weighted by molar-refractivity contribution is -0.133. The van der Waals surface area contributed by atoms with E-state index in [0.717, 1.165) is 89.8 Å². The topological polar surface area (TPSA) is 157 Å². The monoisotopic (exact) mass is 846 g/mol. The first kappa shape index (κ1) is 46.5. The van der Waals surface area contributed by atoms with Crippen molar-refractivity contribution >= 4 is 81.0 Å². The van der Waals surface area contributed by atoms with Crippen LogP contribution in [0.25, 0.3) is 0 Å². The van der Waals surface area contributed by atoms with Crippen molar-refractivity contribution in [1.82, 2.24) is 9.80 Å². The lowest BCUT2D eigenvalue weighted by atomic mass is 10.0. The number of anilines is 4. The number of likely N-dealkylation sites (N-methyl/N-ethyl adjacent to an activating group) is 2. The molecule has 8 N–H and O–H groups in total. The summed E-state index contributed by atoms with van der Waals surface area (Å²) in [4.78, 5) is 27.5. The maximum atomic E-state index is 12.0. The minimum Gasteiger partial charge on any atom is -0.399 e. The van der Waals surface area contributed by atoms with Gasteiger partial charge in [0.2, 0.25) is 11.8 Å². The molecular weight excluding hydrogens is 794 g/mol. The Kier molecular flexibility index (Phi) is 19.4. The highest BCUT2D eigenvalue weighted by Gasteiger charge is 2.27. The van der Waals surface area contributed by atoms with Gasteiger partial charge < -0.3 is 42.1 Å². The fourth-order valence-corrected chi connectivity index (χ4v) is 6.89. The van der Waals surface area contributed by atoms with E-state index in [2.05, 4.69) is 24.5 Å². The number of hydrogen-bond donors (Lipinski definition) is 6. The number of aryl methyl sites for hydroxylation is 2. The number of amides is 2. The zero-order chi connectivity index (χ0) is 41.4. The molecule has 2 fully saturated rings. The molecule has 0 saturated carbocycles. The van der Waals surface area contributed by atoms with Gasteiger partial charge in [-0.05, 0) is 134 Å². The summed E-state index contributed by atoms with van der Waals surface area (Å²) in [5, 5.41) is 27.1. The van der Waals surface area contributed by atoms with Crippen LogP contribution in [0.4, 0.5) is 22.7 Å². The van der Waals surface area contributed by atoms with E-state index in [-0.39, 0.29) is 37.1 Å². The highest BCUT2D eigenvalue weighted by Crippen LogP contribution is 2.25. The third-order valence-electron chi connectivity index (χ3n) is 9.34. The summed E-state index contributed by atoms with van der Waals surface area (Å²) in [5.41, 5.74) is 17.7.